The maximum absolute atomic E-state index is 12.0. The van der Waals surface area contributed by atoms with Crippen molar-refractivity contribution in [1.82, 2.24) is 10.2 Å². The highest BCUT2D eigenvalue weighted by molar-refractivity contribution is 5.91. The van der Waals surface area contributed by atoms with Gasteiger partial charge in [0, 0.05) is 37.8 Å². The molecule has 0 bridgehead atoms. The molecule has 2 amide bonds. The molecule has 2 N–H and O–H groups in total. The number of carbonyl (C=O) groups is 2. The molecule has 1 saturated heterocycles. The summed E-state index contributed by atoms with van der Waals surface area (Å²) in [4.78, 5) is 26.1. The highest BCUT2D eigenvalue weighted by Crippen LogP contribution is 2.11. The zero-order chi connectivity index (χ0) is 17.4. The largest absolute Gasteiger partial charge is 0.375 e. The lowest BCUT2D eigenvalue weighted by Crippen LogP contribution is -2.47. The van der Waals surface area contributed by atoms with Crippen LogP contribution in [0, 0.1) is 0 Å². The van der Waals surface area contributed by atoms with Crippen molar-refractivity contribution in [2.24, 2.45) is 0 Å². The van der Waals surface area contributed by atoms with Gasteiger partial charge < -0.3 is 15.4 Å². The Labute approximate surface area is 143 Å². The summed E-state index contributed by atoms with van der Waals surface area (Å²) < 4.78 is 5.65. The highest BCUT2D eigenvalue weighted by atomic mass is 16.5. The molecule has 6 heteroatoms. The molecule has 0 radical (unpaired) electrons. The Bertz CT molecular complexity index is 534. The third-order valence-corrected chi connectivity index (χ3v) is 4.05. The Morgan fingerprint density at radius 2 is 2.00 bits per heavy atom. The van der Waals surface area contributed by atoms with Gasteiger partial charge in [-0.25, -0.2) is 0 Å². The summed E-state index contributed by atoms with van der Waals surface area (Å²) in [6.45, 7) is 6.98. The molecule has 0 saturated carbocycles. The minimum atomic E-state index is -0.110. The average molecular weight is 333 g/mol. The molecule has 2 rings (SSSR count). The number of para-hydroxylation sites is 1. The van der Waals surface area contributed by atoms with Crippen LogP contribution in [0.5, 0.6) is 0 Å². The third kappa shape index (κ3) is 6.29. The van der Waals surface area contributed by atoms with Gasteiger partial charge in [-0.2, -0.15) is 0 Å². The fourth-order valence-corrected chi connectivity index (χ4v) is 2.67. The van der Waals surface area contributed by atoms with E-state index in [0.29, 0.717) is 25.6 Å². The Hall–Kier alpha value is -1.92. The van der Waals surface area contributed by atoms with Gasteiger partial charge in [0.2, 0.25) is 11.8 Å². The number of nitrogens with zero attached hydrogens (tertiary/aromatic N) is 1. The van der Waals surface area contributed by atoms with Crippen molar-refractivity contribution < 1.29 is 14.3 Å². The first-order chi connectivity index (χ1) is 11.5. The summed E-state index contributed by atoms with van der Waals surface area (Å²) in [6.07, 6.45) is 0.521. The van der Waals surface area contributed by atoms with Crippen molar-refractivity contribution >= 4 is 17.5 Å². The number of carbonyl (C=O) groups excluding carboxylic acids is 2. The molecule has 0 unspecified atom stereocenters. The predicted octanol–water partition coefficient (Wildman–Crippen LogP) is 1.63. The van der Waals surface area contributed by atoms with Crippen LogP contribution in [-0.4, -0.2) is 55.1 Å². The van der Waals surface area contributed by atoms with Crippen molar-refractivity contribution in [1.29, 1.82) is 0 Å². The lowest BCUT2D eigenvalue weighted by atomic mass is 10.1. The van der Waals surface area contributed by atoms with E-state index >= 15 is 0 Å². The number of nitrogens with one attached hydrogen (secondary N) is 2. The van der Waals surface area contributed by atoms with Crippen molar-refractivity contribution in [3.05, 3.63) is 30.3 Å². The SMILES string of the molecule is CC(C)N1CCO[C@H](CC(=O)NCCC(=O)Nc2ccccc2)C1. The number of anilines is 1. The first-order valence-corrected chi connectivity index (χ1v) is 8.52. The maximum atomic E-state index is 12.0. The second kappa shape index (κ2) is 9.39. The van der Waals surface area contributed by atoms with Gasteiger partial charge in [0.05, 0.1) is 19.1 Å². The fraction of sp³-hybridized carbons (Fsp3) is 0.556. The first kappa shape index (κ1) is 18.4. The molecule has 1 fully saturated rings. The molecule has 6 nitrogen and oxygen atoms in total. The van der Waals surface area contributed by atoms with Crippen molar-refractivity contribution in [2.45, 2.75) is 38.8 Å². The number of ether oxygens (including phenoxy) is 1. The number of rotatable bonds is 7. The van der Waals surface area contributed by atoms with Crippen LogP contribution in [0.2, 0.25) is 0 Å². The summed E-state index contributed by atoms with van der Waals surface area (Å²) in [5, 5.41) is 5.59. The molecule has 1 aromatic rings. The Morgan fingerprint density at radius 3 is 2.71 bits per heavy atom. The summed E-state index contributed by atoms with van der Waals surface area (Å²) in [5.41, 5.74) is 0.762. The minimum Gasteiger partial charge on any atom is -0.375 e. The molecule has 1 aromatic carbocycles. The minimum absolute atomic E-state index is 0.0701. The topological polar surface area (TPSA) is 70.7 Å². The van der Waals surface area contributed by atoms with Crippen LogP contribution in [0.4, 0.5) is 5.69 Å². The third-order valence-electron chi connectivity index (χ3n) is 4.05. The van der Waals surface area contributed by atoms with Gasteiger partial charge in [-0.15, -0.1) is 0 Å². The van der Waals surface area contributed by atoms with Crippen LogP contribution in [0.25, 0.3) is 0 Å². The smallest absolute Gasteiger partial charge is 0.226 e. The van der Waals surface area contributed by atoms with Gasteiger partial charge >= 0.3 is 0 Å². The number of benzene rings is 1. The molecule has 1 atom stereocenters. The van der Waals surface area contributed by atoms with E-state index in [1.165, 1.54) is 0 Å². The number of hydrogen-bond acceptors (Lipinski definition) is 4. The normalized spacial score (nSPS) is 18.4. The van der Waals surface area contributed by atoms with E-state index in [2.05, 4.69) is 29.4 Å². The van der Waals surface area contributed by atoms with Crippen molar-refractivity contribution in [2.75, 3.05) is 31.6 Å². The van der Waals surface area contributed by atoms with E-state index in [1.807, 2.05) is 30.3 Å². The van der Waals surface area contributed by atoms with E-state index in [-0.39, 0.29) is 24.3 Å². The number of amides is 2. The molecule has 0 aliphatic carbocycles. The molecule has 0 spiro atoms. The number of morpholine rings is 1. The monoisotopic (exact) mass is 333 g/mol. The lowest BCUT2D eigenvalue weighted by molar-refractivity contribution is -0.126. The predicted molar refractivity (Wildman–Crippen MR) is 93.8 cm³/mol. The van der Waals surface area contributed by atoms with Crippen LogP contribution in [0.15, 0.2) is 30.3 Å². The number of hydrogen-bond donors (Lipinski definition) is 2. The van der Waals surface area contributed by atoms with E-state index in [4.69, 9.17) is 4.74 Å². The van der Waals surface area contributed by atoms with E-state index in [0.717, 1.165) is 18.8 Å². The summed E-state index contributed by atoms with van der Waals surface area (Å²) in [6, 6.07) is 9.74. The van der Waals surface area contributed by atoms with Crippen LogP contribution >= 0.6 is 0 Å². The van der Waals surface area contributed by atoms with Gasteiger partial charge in [0.1, 0.15) is 0 Å². The quantitative estimate of drug-likeness (QED) is 0.796. The second-order valence-electron chi connectivity index (χ2n) is 6.30. The van der Waals surface area contributed by atoms with Gasteiger partial charge in [0.15, 0.2) is 0 Å². The second-order valence-corrected chi connectivity index (χ2v) is 6.30. The summed E-state index contributed by atoms with van der Waals surface area (Å²) >= 11 is 0. The molecule has 1 aliphatic rings. The van der Waals surface area contributed by atoms with Gasteiger partial charge in [-0.1, -0.05) is 18.2 Å². The highest BCUT2D eigenvalue weighted by Gasteiger charge is 2.24. The van der Waals surface area contributed by atoms with Crippen molar-refractivity contribution in [3.63, 3.8) is 0 Å². The Kier molecular flexibility index (Phi) is 7.21. The Balaban J connectivity index is 1.63. The summed E-state index contributed by atoms with van der Waals surface area (Å²) in [7, 11) is 0. The molecule has 24 heavy (non-hydrogen) atoms. The fourth-order valence-electron chi connectivity index (χ4n) is 2.67. The average Bonchev–Trinajstić information content (AvgIpc) is 2.56. The van der Waals surface area contributed by atoms with E-state index < -0.39 is 0 Å². The first-order valence-electron chi connectivity index (χ1n) is 8.52. The standard InChI is InChI=1S/C18H27N3O3/c1-14(2)21-10-11-24-16(13-21)12-18(23)19-9-8-17(22)20-15-6-4-3-5-7-15/h3-7,14,16H,8-13H2,1-2H3,(H,19,23)(H,20,22)/t16-/m1/s1. The molecule has 132 valence electrons. The maximum Gasteiger partial charge on any atom is 0.226 e. The summed E-state index contributed by atoms with van der Waals surface area (Å²) in [5.74, 6) is -0.181. The van der Waals surface area contributed by atoms with Crippen LogP contribution in [0.3, 0.4) is 0 Å². The zero-order valence-electron chi connectivity index (χ0n) is 14.5. The van der Waals surface area contributed by atoms with Crippen LogP contribution in [-0.2, 0) is 14.3 Å². The van der Waals surface area contributed by atoms with Gasteiger partial charge in [0.25, 0.3) is 0 Å². The Morgan fingerprint density at radius 1 is 1.25 bits per heavy atom. The molecular weight excluding hydrogens is 306 g/mol. The zero-order valence-corrected chi connectivity index (χ0v) is 14.5. The molecule has 0 aromatic heterocycles. The van der Waals surface area contributed by atoms with E-state index in [9.17, 15) is 9.59 Å². The van der Waals surface area contributed by atoms with Gasteiger partial charge in [-0.05, 0) is 26.0 Å². The molecule has 1 aliphatic heterocycles. The van der Waals surface area contributed by atoms with Crippen LogP contribution < -0.4 is 10.6 Å². The van der Waals surface area contributed by atoms with Crippen molar-refractivity contribution in [3.8, 4) is 0 Å². The molecular formula is C18H27N3O3. The molecule has 1 heterocycles. The lowest BCUT2D eigenvalue weighted by Gasteiger charge is -2.35. The van der Waals surface area contributed by atoms with Crippen LogP contribution in [0.1, 0.15) is 26.7 Å². The van der Waals surface area contributed by atoms with E-state index in [1.54, 1.807) is 0 Å². The van der Waals surface area contributed by atoms with Gasteiger partial charge in [-0.3, -0.25) is 14.5 Å².